The summed E-state index contributed by atoms with van der Waals surface area (Å²) in [5, 5.41) is 6.15. The van der Waals surface area contributed by atoms with Crippen molar-refractivity contribution in [2.75, 3.05) is 31.7 Å². The molecule has 0 spiro atoms. The number of benzene rings is 1. The molecule has 1 aromatic rings. The molecule has 152 valence electrons. The highest BCUT2D eigenvalue weighted by Gasteiger charge is 2.27. The lowest BCUT2D eigenvalue weighted by molar-refractivity contribution is -0.124. The van der Waals surface area contributed by atoms with Gasteiger partial charge in [-0.15, -0.1) is 0 Å². The third-order valence-electron chi connectivity index (χ3n) is 5.94. The minimum absolute atomic E-state index is 0.0249. The van der Waals surface area contributed by atoms with Crippen LogP contribution in [0.1, 0.15) is 44.9 Å². The number of piperidine rings is 1. The molecule has 28 heavy (non-hydrogen) atoms. The van der Waals surface area contributed by atoms with Crippen LogP contribution in [0.15, 0.2) is 18.2 Å². The summed E-state index contributed by atoms with van der Waals surface area (Å²) in [6.45, 7) is 2.21. The number of ether oxygens (including phenoxy) is 2. The van der Waals surface area contributed by atoms with Gasteiger partial charge in [-0.2, -0.15) is 0 Å². The van der Waals surface area contributed by atoms with E-state index < -0.39 is 0 Å². The molecule has 0 unspecified atom stereocenters. The van der Waals surface area contributed by atoms with Gasteiger partial charge in [0, 0.05) is 23.7 Å². The van der Waals surface area contributed by atoms with Crippen LogP contribution >= 0.6 is 0 Å². The average Bonchev–Trinajstić information content (AvgIpc) is 3.17. The zero-order valence-electron chi connectivity index (χ0n) is 16.2. The number of amides is 2. The molecule has 0 aromatic heterocycles. The van der Waals surface area contributed by atoms with E-state index in [1.165, 1.54) is 19.3 Å². The normalized spacial score (nSPS) is 20.7. The average molecular weight is 387 g/mol. The highest BCUT2D eigenvalue weighted by atomic mass is 16.7. The van der Waals surface area contributed by atoms with Gasteiger partial charge in [0.2, 0.25) is 18.6 Å². The lowest BCUT2D eigenvalue weighted by Gasteiger charge is -2.31. The zero-order valence-corrected chi connectivity index (χ0v) is 16.2. The lowest BCUT2D eigenvalue weighted by atomic mass is 9.95. The lowest BCUT2D eigenvalue weighted by Crippen LogP contribution is -2.46. The Morgan fingerprint density at radius 2 is 1.75 bits per heavy atom. The van der Waals surface area contributed by atoms with Crippen LogP contribution in [-0.2, 0) is 9.59 Å². The first-order valence-corrected chi connectivity index (χ1v) is 10.4. The Hall–Kier alpha value is -2.28. The van der Waals surface area contributed by atoms with Gasteiger partial charge < -0.3 is 20.1 Å². The summed E-state index contributed by atoms with van der Waals surface area (Å²) in [4.78, 5) is 27.0. The molecule has 0 radical (unpaired) electrons. The first-order valence-electron chi connectivity index (χ1n) is 10.4. The van der Waals surface area contributed by atoms with E-state index in [1.54, 1.807) is 6.07 Å². The molecule has 0 atom stereocenters. The van der Waals surface area contributed by atoms with Crippen LogP contribution in [0.25, 0.3) is 0 Å². The van der Waals surface area contributed by atoms with E-state index in [2.05, 4.69) is 15.5 Å². The molecule has 3 aliphatic rings. The number of nitrogens with zero attached hydrogens (tertiary/aromatic N) is 1. The van der Waals surface area contributed by atoms with Crippen molar-refractivity contribution >= 4 is 17.5 Å². The first-order chi connectivity index (χ1) is 13.7. The molecule has 1 saturated heterocycles. The van der Waals surface area contributed by atoms with Gasteiger partial charge in [-0.3, -0.25) is 14.5 Å². The Morgan fingerprint density at radius 3 is 2.54 bits per heavy atom. The summed E-state index contributed by atoms with van der Waals surface area (Å²) in [5.74, 6) is 1.50. The number of carbonyl (C=O) groups excluding carboxylic acids is 2. The van der Waals surface area contributed by atoms with Gasteiger partial charge in [0.1, 0.15) is 0 Å². The predicted molar refractivity (Wildman–Crippen MR) is 105 cm³/mol. The Kier molecular flexibility index (Phi) is 6.00. The number of hydrogen-bond donors (Lipinski definition) is 2. The molecule has 4 rings (SSSR count). The van der Waals surface area contributed by atoms with Gasteiger partial charge in [0.05, 0.1) is 6.54 Å². The van der Waals surface area contributed by atoms with E-state index >= 15 is 0 Å². The molecule has 0 bridgehead atoms. The summed E-state index contributed by atoms with van der Waals surface area (Å²) in [6, 6.07) is 5.79. The summed E-state index contributed by atoms with van der Waals surface area (Å²) in [6.07, 6.45) is 7.47. The van der Waals surface area contributed by atoms with Gasteiger partial charge in [0.15, 0.2) is 11.5 Å². The Morgan fingerprint density at radius 1 is 1.00 bits per heavy atom. The van der Waals surface area contributed by atoms with Crippen LogP contribution in [0, 0.1) is 5.92 Å². The topological polar surface area (TPSA) is 79.9 Å². The predicted octanol–water partition coefficient (Wildman–Crippen LogP) is 2.51. The van der Waals surface area contributed by atoms with Gasteiger partial charge in [-0.05, 0) is 50.9 Å². The number of anilines is 1. The summed E-state index contributed by atoms with van der Waals surface area (Å²) < 4.78 is 10.6. The largest absolute Gasteiger partial charge is 0.454 e. The quantitative estimate of drug-likeness (QED) is 0.812. The third kappa shape index (κ3) is 4.76. The molecule has 2 N–H and O–H groups in total. The van der Waals surface area contributed by atoms with Gasteiger partial charge in [-0.25, -0.2) is 0 Å². The minimum Gasteiger partial charge on any atom is -0.454 e. The number of hydrogen-bond acceptors (Lipinski definition) is 5. The molecular formula is C21H29N3O4. The summed E-state index contributed by atoms with van der Waals surface area (Å²) in [7, 11) is 0. The highest BCUT2D eigenvalue weighted by molar-refractivity contribution is 5.93. The molecule has 7 nitrogen and oxygen atoms in total. The number of fused-ring (bicyclic) bond motifs is 1. The van der Waals surface area contributed by atoms with Crippen molar-refractivity contribution in [2.24, 2.45) is 5.92 Å². The second-order valence-electron chi connectivity index (χ2n) is 8.01. The molecule has 2 heterocycles. The van der Waals surface area contributed by atoms with Crippen molar-refractivity contribution in [1.29, 1.82) is 0 Å². The standard InChI is InChI=1S/C21H29N3O4/c25-20(22-16-4-2-1-3-5-16)13-24-10-8-15(9-11-24)21(26)23-17-6-7-18-19(12-17)28-14-27-18/h6-7,12,15-16H,1-5,8-11,13-14H2,(H,22,25)(H,23,26). The van der Waals surface area contributed by atoms with Crippen LogP contribution < -0.4 is 20.1 Å². The van der Waals surface area contributed by atoms with Crippen molar-refractivity contribution in [3.63, 3.8) is 0 Å². The fraction of sp³-hybridized carbons (Fsp3) is 0.619. The number of likely N-dealkylation sites (tertiary alicyclic amines) is 1. The Balaban J connectivity index is 1.20. The van der Waals surface area contributed by atoms with E-state index in [9.17, 15) is 9.59 Å². The maximum atomic E-state index is 12.6. The maximum absolute atomic E-state index is 12.6. The molecular weight excluding hydrogens is 358 g/mol. The number of nitrogens with one attached hydrogen (secondary N) is 2. The first kappa shape index (κ1) is 19.1. The van der Waals surface area contributed by atoms with Gasteiger partial charge in [0.25, 0.3) is 0 Å². The summed E-state index contributed by atoms with van der Waals surface area (Å²) >= 11 is 0. The number of rotatable bonds is 5. The second kappa shape index (κ2) is 8.82. The SMILES string of the molecule is O=C(CN1CCC(C(=O)Nc2ccc3c(c2)OCO3)CC1)NC1CCCCC1. The van der Waals surface area contributed by atoms with Crippen molar-refractivity contribution < 1.29 is 19.1 Å². The minimum atomic E-state index is -0.0249. The monoisotopic (exact) mass is 387 g/mol. The van der Waals surface area contributed by atoms with Crippen LogP contribution in [0.2, 0.25) is 0 Å². The van der Waals surface area contributed by atoms with Crippen molar-refractivity contribution in [3.8, 4) is 11.5 Å². The Labute approximate surface area is 165 Å². The van der Waals surface area contributed by atoms with Crippen molar-refractivity contribution in [2.45, 2.75) is 51.0 Å². The maximum Gasteiger partial charge on any atom is 0.234 e. The molecule has 2 aliphatic heterocycles. The molecule has 2 amide bonds. The molecule has 2 fully saturated rings. The zero-order chi connectivity index (χ0) is 19.3. The van der Waals surface area contributed by atoms with E-state index in [1.807, 2.05) is 12.1 Å². The third-order valence-corrected chi connectivity index (χ3v) is 5.94. The molecule has 1 aromatic carbocycles. The fourth-order valence-corrected chi connectivity index (χ4v) is 4.30. The van der Waals surface area contributed by atoms with Gasteiger partial charge >= 0.3 is 0 Å². The molecule has 1 saturated carbocycles. The van der Waals surface area contributed by atoms with Crippen molar-refractivity contribution in [3.05, 3.63) is 18.2 Å². The smallest absolute Gasteiger partial charge is 0.234 e. The van der Waals surface area contributed by atoms with Gasteiger partial charge in [-0.1, -0.05) is 19.3 Å². The van der Waals surface area contributed by atoms with E-state index in [-0.39, 0.29) is 24.5 Å². The summed E-state index contributed by atoms with van der Waals surface area (Å²) in [5.41, 5.74) is 0.725. The van der Waals surface area contributed by atoms with Crippen LogP contribution in [0.5, 0.6) is 11.5 Å². The van der Waals surface area contributed by atoms with E-state index in [4.69, 9.17) is 9.47 Å². The van der Waals surface area contributed by atoms with E-state index in [0.29, 0.717) is 24.1 Å². The second-order valence-corrected chi connectivity index (χ2v) is 8.01. The molecule has 7 heteroatoms. The highest BCUT2D eigenvalue weighted by Crippen LogP contribution is 2.34. The number of carbonyl (C=O) groups is 2. The van der Waals surface area contributed by atoms with Crippen LogP contribution in [0.3, 0.4) is 0 Å². The molecule has 1 aliphatic carbocycles. The Bertz CT molecular complexity index is 710. The van der Waals surface area contributed by atoms with E-state index in [0.717, 1.165) is 44.5 Å². The van der Waals surface area contributed by atoms with Crippen molar-refractivity contribution in [1.82, 2.24) is 10.2 Å². The van der Waals surface area contributed by atoms with Crippen LogP contribution in [-0.4, -0.2) is 49.2 Å². The van der Waals surface area contributed by atoms with Crippen LogP contribution in [0.4, 0.5) is 5.69 Å². The fourth-order valence-electron chi connectivity index (χ4n) is 4.30.